The van der Waals surface area contributed by atoms with Crippen molar-refractivity contribution in [2.24, 2.45) is 0 Å². The van der Waals surface area contributed by atoms with Crippen LogP contribution in [0.2, 0.25) is 0 Å². The third-order valence-electron chi connectivity index (χ3n) is 3.20. The van der Waals surface area contributed by atoms with Gasteiger partial charge < -0.3 is 15.0 Å². The summed E-state index contributed by atoms with van der Waals surface area (Å²) in [5.41, 5.74) is -0.0369. The fourth-order valence-corrected chi connectivity index (χ4v) is 2.13. The number of likely N-dealkylation sites (tertiary alicyclic amines) is 1. The van der Waals surface area contributed by atoms with Gasteiger partial charge in [0, 0.05) is 19.2 Å². The minimum atomic E-state index is -0.557. The first-order valence-corrected chi connectivity index (χ1v) is 7.10. The van der Waals surface area contributed by atoms with E-state index in [1.165, 1.54) is 23.1 Å². The van der Waals surface area contributed by atoms with Gasteiger partial charge in [0.15, 0.2) is 5.69 Å². The lowest BCUT2D eigenvalue weighted by Gasteiger charge is -2.40. The first-order chi connectivity index (χ1) is 10.7. The maximum atomic E-state index is 11.8. The van der Waals surface area contributed by atoms with Crippen molar-refractivity contribution >= 4 is 23.2 Å². The number of amides is 1. The van der Waals surface area contributed by atoms with Crippen LogP contribution < -0.4 is 5.32 Å². The Morgan fingerprint density at radius 3 is 2.65 bits per heavy atom. The Kier molecular flexibility index (Phi) is 4.40. The molecular weight excluding hydrogens is 300 g/mol. The Morgan fingerprint density at radius 2 is 2.13 bits per heavy atom. The normalized spacial score (nSPS) is 14.6. The van der Waals surface area contributed by atoms with E-state index in [4.69, 9.17) is 11.3 Å². The Labute approximate surface area is 134 Å². The van der Waals surface area contributed by atoms with Crippen LogP contribution in [0, 0.1) is 16.7 Å². The Balaban J connectivity index is 1.99. The second kappa shape index (κ2) is 6.12. The summed E-state index contributed by atoms with van der Waals surface area (Å²) in [5, 5.41) is 14.1. The highest BCUT2D eigenvalue weighted by Gasteiger charge is 2.34. The molecule has 0 unspecified atom stereocenters. The fourth-order valence-electron chi connectivity index (χ4n) is 2.13. The number of benzene rings is 1. The van der Waals surface area contributed by atoms with E-state index in [2.05, 4.69) is 10.2 Å². The summed E-state index contributed by atoms with van der Waals surface area (Å²) >= 11 is 0. The molecule has 8 heteroatoms. The van der Waals surface area contributed by atoms with Crippen molar-refractivity contribution in [2.45, 2.75) is 32.4 Å². The van der Waals surface area contributed by atoms with Gasteiger partial charge in [-0.15, -0.1) is 0 Å². The number of ether oxygens (including phenoxy) is 1. The average molecular weight is 318 g/mol. The molecule has 0 aromatic heterocycles. The third-order valence-corrected chi connectivity index (χ3v) is 3.20. The van der Waals surface area contributed by atoms with Crippen LogP contribution in [0.5, 0.6) is 0 Å². The molecule has 122 valence electrons. The third kappa shape index (κ3) is 4.10. The van der Waals surface area contributed by atoms with E-state index in [1.54, 1.807) is 20.8 Å². The highest BCUT2D eigenvalue weighted by Crippen LogP contribution is 2.31. The monoisotopic (exact) mass is 318 g/mol. The van der Waals surface area contributed by atoms with Crippen LogP contribution in [-0.2, 0) is 4.74 Å². The molecule has 0 saturated carbocycles. The van der Waals surface area contributed by atoms with Crippen molar-refractivity contribution in [3.8, 4) is 0 Å². The summed E-state index contributed by atoms with van der Waals surface area (Å²) in [6, 6.07) is 4.05. The van der Waals surface area contributed by atoms with Crippen molar-refractivity contribution in [1.29, 1.82) is 0 Å². The molecule has 0 atom stereocenters. The van der Waals surface area contributed by atoms with Gasteiger partial charge in [-0.05, 0) is 32.9 Å². The van der Waals surface area contributed by atoms with Gasteiger partial charge >= 0.3 is 6.09 Å². The van der Waals surface area contributed by atoms with Gasteiger partial charge in [-0.25, -0.2) is 9.64 Å². The van der Waals surface area contributed by atoms with Gasteiger partial charge in [0.25, 0.3) is 5.69 Å². The first-order valence-electron chi connectivity index (χ1n) is 7.10. The summed E-state index contributed by atoms with van der Waals surface area (Å²) in [6.45, 7) is 13.2. The SMILES string of the molecule is [C-]#[N+]c1ccc([N+](=O)[O-])c(NC2CN(C(=O)OC(C)(C)C)C2)c1. The predicted octanol–water partition coefficient (Wildman–Crippen LogP) is 3.18. The molecule has 0 spiro atoms. The van der Waals surface area contributed by atoms with E-state index in [-0.39, 0.29) is 17.4 Å². The second-order valence-corrected chi connectivity index (χ2v) is 6.30. The molecule has 0 radical (unpaired) electrons. The van der Waals surface area contributed by atoms with Crippen LogP contribution in [0.3, 0.4) is 0 Å². The standard InChI is InChI=1S/C15H18N4O4/c1-15(2,3)23-14(20)18-8-11(9-18)17-12-7-10(16-4)5-6-13(12)19(21)22/h5-7,11,17H,8-9H2,1-3H3. The zero-order valence-electron chi connectivity index (χ0n) is 13.2. The molecular formula is C15H18N4O4. The lowest BCUT2D eigenvalue weighted by atomic mass is 10.1. The average Bonchev–Trinajstić information content (AvgIpc) is 2.39. The van der Waals surface area contributed by atoms with Gasteiger partial charge in [0.2, 0.25) is 0 Å². The molecule has 1 amide bonds. The van der Waals surface area contributed by atoms with Crippen molar-refractivity contribution < 1.29 is 14.5 Å². The number of nitro benzene ring substituents is 1. The Bertz CT molecular complexity index is 669. The van der Waals surface area contributed by atoms with Gasteiger partial charge in [0.05, 0.1) is 17.5 Å². The molecule has 1 aliphatic heterocycles. The van der Waals surface area contributed by atoms with Crippen LogP contribution in [-0.4, -0.2) is 40.6 Å². The molecule has 23 heavy (non-hydrogen) atoms. The van der Waals surface area contributed by atoms with Crippen LogP contribution in [0.4, 0.5) is 21.9 Å². The number of anilines is 1. The molecule has 8 nitrogen and oxygen atoms in total. The molecule has 1 saturated heterocycles. The van der Waals surface area contributed by atoms with E-state index in [9.17, 15) is 14.9 Å². The van der Waals surface area contributed by atoms with E-state index < -0.39 is 16.6 Å². The number of nitrogens with one attached hydrogen (secondary N) is 1. The first kappa shape index (κ1) is 16.5. The van der Waals surface area contributed by atoms with Gasteiger partial charge in [0.1, 0.15) is 11.3 Å². The molecule has 1 aliphatic rings. The molecule has 0 bridgehead atoms. The number of nitro groups is 1. The molecule has 1 N–H and O–H groups in total. The smallest absolute Gasteiger partial charge is 0.410 e. The van der Waals surface area contributed by atoms with E-state index in [1.807, 2.05) is 0 Å². The summed E-state index contributed by atoms with van der Waals surface area (Å²) < 4.78 is 5.25. The van der Waals surface area contributed by atoms with Gasteiger partial charge in [-0.1, -0.05) is 0 Å². The maximum Gasteiger partial charge on any atom is 0.410 e. The fraction of sp³-hybridized carbons (Fsp3) is 0.467. The van der Waals surface area contributed by atoms with Gasteiger partial charge in [-0.2, -0.15) is 0 Å². The summed E-state index contributed by atoms with van der Waals surface area (Å²) in [5.74, 6) is 0. The molecule has 2 rings (SSSR count). The number of hydrogen-bond donors (Lipinski definition) is 1. The second-order valence-electron chi connectivity index (χ2n) is 6.30. The Hall–Kier alpha value is -2.82. The summed E-state index contributed by atoms with van der Waals surface area (Å²) in [7, 11) is 0. The number of rotatable bonds is 3. The minimum Gasteiger partial charge on any atom is -0.444 e. The summed E-state index contributed by atoms with van der Waals surface area (Å²) in [4.78, 5) is 27.2. The minimum absolute atomic E-state index is 0.0897. The number of hydrogen-bond acceptors (Lipinski definition) is 5. The molecule has 0 aliphatic carbocycles. The molecule has 1 aromatic carbocycles. The quantitative estimate of drug-likeness (QED) is 0.525. The van der Waals surface area contributed by atoms with E-state index in [0.717, 1.165) is 0 Å². The lowest BCUT2D eigenvalue weighted by Crippen LogP contribution is -2.57. The van der Waals surface area contributed by atoms with Crippen LogP contribution >= 0.6 is 0 Å². The van der Waals surface area contributed by atoms with Crippen molar-refractivity contribution in [3.05, 3.63) is 39.7 Å². The van der Waals surface area contributed by atoms with Crippen LogP contribution in [0.25, 0.3) is 4.85 Å². The maximum absolute atomic E-state index is 11.8. The van der Waals surface area contributed by atoms with E-state index >= 15 is 0 Å². The molecule has 1 aromatic rings. The zero-order chi connectivity index (χ0) is 17.2. The highest BCUT2D eigenvalue weighted by atomic mass is 16.6. The number of nitrogens with zero attached hydrogens (tertiary/aromatic N) is 3. The van der Waals surface area contributed by atoms with Crippen molar-refractivity contribution in [3.63, 3.8) is 0 Å². The highest BCUT2D eigenvalue weighted by molar-refractivity contribution is 5.72. The van der Waals surface area contributed by atoms with Crippen molar-refractivity contribution in [1.82, 2.24) is 4.90 Å². The topological polar surface area (TPSA) is 89.1 Å². The largest absolute Gasteiger partial charge is 0.444 e. The number of carbonyl (C=O) groups is 1. The number of carbonyl (C=O) groups excluding carboxylic acids is 1. The Morgan fingerprint density at radius 1 is 1.48 bits per heavy atom. The van der Waals surface area contributed by atoms with Crippen molar-refractivity contribution in [2.75, 3.05) is 18.4 Å². The van der Waals surface area contributed by atoms with Crippen LogP contribution in [0.15, 0.2) is 18.2 Å². The zero-order valence-corrected chi connectivity index (χ0v) is 13.2. The lowest BCUT2D eigenvalue weighted by molar-refractivity contribution is -0.384. The van der Waals surface area contributed by atoms with Crippen LogP contribution in [0.1, 0.15) is 20.8 Å². The van der Waals surface area contributed by atoms with E-state index in [0.29, 0.717) is 18.8 Å². The molecule has 1 fully saturated rings. The van der Waals surface area contributed by atoms with Gasteiger partial charge in [-0.3, -0.25) is 10.1 Å². The predicted molar refractivity (Wildman–Crippen MR) is 84.6 cm³/mol. The summed E-state index contributed by atoms with van der Waals surface area (Å²) in [6.07, 6.45) is -0.403. The molecule has 1 heterocycles.